The predicted octanol–water partition coefficient (Wildman–Crippen LogP) is 2.68. The van der Waals surface area contributed by atoms with Crippen molar-refractivity contribution in [2.75, 3.05) is 13.2 Å². The van der Waals surface area contributed by atoms with Crippen LogP contribution in [-0.2, 0) is 14.3 Å². The molecule has 2 N–H and O–H groups in total. The fraction of sp³-hybridized carbons (Fsp3) is 0.353. The molecule has 27 heavy (non-hydrogen) atoms. The van der Waals surface area contributed by atoms with Crippen molar-refractivity contribution < 1.29 is 32.6 Å². The number of urea groups is 1. The topological polar surface area (TPSA) is 93.7 Å². The van der Waals surface area contributed by atoms with Crippen molar-refractivity contribution in [2.24, 2.45) is 0 Å². The summed E-state index contributed by atoms with van der Waals surface area (Å²) in [6, 6.07) is 0.0531. The van der Waals surface area contributed by atoms with Crippen LogP contribution in [0.2, 0.25) is 5.02 Å². The van der Waals surface area contributed by atoms with Gasteiger partial charge in [0.15, 0.2) is 11.6 Å². The van der Waals surface area contributed by atoms with Gasteiger partial charge in [-0.25, -0.2) is 23.2 Å². The number of benzene rings is 1. The van der Waals surface area contributed by atoms with Gasteiger partial charge >= 0.3 is 18.0 Å². The summed E-state index contributed by atoms with van der Waals surface area (Å²) in [5.41, 5.74) is -0.236. The number of carbonyl (C=O) groups excluding carboxylic acids is 3. The molecule has 2 rings (SSSR count). The molecule has 0 saturated heterocycles. The van der Waals surface area contributed by atoms with Gasteiger partial charge in [-0.1, -0.05) is 18.5 Å². The number of hydrogen-bond donors (Lipinski definition) is 2. The highest BCUT2D eigenvalue weighted by atomic mass is 35.5. The van der Waals surface area contributed by atoms with Crippen LogP contribution in [0.1, 0.15) is 30.6 Å². The molecule has 1 heterocycles. The third-order valence-corrected chi connectivity index (χ3v) is 4.04. The van der Waals surface area contributed by atoms with E-state index in [1.54, 1.807) is 13.8 Å². The molecule has 0 aromatic heterocycles. The largest absolute Gasteiger partial charge is 0.463 e. The first kappa shape index (κ1) is 20.6. The lowest BCUT2D eigenvalue weighted by atomic mass is 10.0. The number of nitrogens with one attached hydrogen (secondary N) is 2. The second-order valence-electron chi connectivity index (χ2n) is 5.49. The summed E-state index contributed by atoms with van der Waals surface area (Å²) in [5, 5.41) is 4.63. The molecule has 10 heteroatoms. The van der Waals surface area contributed by atoms with Crippen molar-refractivity contribution in [3.63, 3.8) is 0 Å². The van der Waals surface area contributed by atoms with Crippen LogP contribution in [0.25, 0.3) is 0 Å². The second kappa shape index (κ2) is 8.81. The monoisotopic (exact) mass is 402 g/mol. The number of rotatable bonds is 6. The Bertz CT molecular complexity index is 813. The SMILES string of the molecule is CCOC(=O)C1=C(COC(=O)c2cc(F)c(F)cc2Cl)NC(=O)NC1CC. The van der Waals surface area contributed by atoms with Gasteiger partial charge in [-0.2, -0.15) is 0 Å². The van der Waals surface area contributed by atoms with E-state index in [4.69, 9.17) is 21.1 Å². The van der Waals surface area contributed by atoms with E-state index >= 15 is 0 Å². The van der Waals surface area contributed by atoms with E-state index in [0.717, 1.165) is 0 Å². The zero-order valence-corrected chi connectivity index (χ0v) is 15.3. The molecule has 0 fully saturated rings. The summed E-state index contributed by atoms with van der Waals surface area (Å²) >= 11 is 5.73. The van der Waals surface area contributed by atoms with Crippen LogP contribution in [0, 0.1) is 11.6 Å². The first-order valence-corrected chi connectivity index (χ1v) is 8.45. The molecule has 1 atom stereocenters. The van der Waals surface area contributed by atoms with Crippen molar-refractivity contribution >= 4 is 29.6 Å². The number of halogens is 3. The first-order valence-electron chi connectivity index (χ1n) is 8.07. The van der Waals surface area contributed by atoms with E-state index in [2.05, 4.69) is 10.6 Å². The summed E-state index contributed by atoms with van der Waals surface area (Å²) in [7, 11) is 0. The Labute approximate surface area is 158 Å². The van der Waals surface area contributed by atoms with E-state index in [9.17, 15) is 23.2 Å². The molecule has 1 aliphatic heterocycles. The van der Waals surface area contributed by atoms with E-state index in [0.29, 0.717) is 18.6 Å². The van der Waals surface area contributed by atoms with Crippen LogP contribution in [0.3, 0.4) is 0 Å². The first-order chi connectivity index (χ1) is 12.8. The van der Waals surface area contributed by atoms with E-state index < -0.39 is 42.3 Å². The van der Waals surface area contributed by atoms with Gasteiger partial charge in [0.1, 0.15) is 6.61 Å². The Morgan fingerprint density at radius 1 is 1.15 bits per heavy atom. The van der Waals surface area contributed by atoms with Crippen molar-refractivity contribution in [3.05, 3.63) is 45.6 Å². The fourth-order valence-corrected chi connectivity index (χ4v) is 2.70. The predicted molar refractivity (Wildman–Crippen MR) is 91.1 cm³/mol. The van der Waals surface area contributed by atoms with Gasteiger partial charge in [0.2, 0.25) is 0 Å². The molecule has 0 spiro atoms. The van der Waals surface area contributed by atoms with E-state index in [-0.39, 0.29) is 28.5 Å². The Hall–Kier alpha value is -2.68. The maximum absolute atomic E-state index is 13.3. The minimum Gasteiger partial charge on any atom is -0.463 e. The zero-order valence-electron chi connectivity index (χ0n) is 14.5. The van der Waals surface area contributed by atoms with Crippen LogP contribution >= 0.6 is 11.6 Å². The molecule has 0 radical (unpaired) electrons. The normalized spacial score (nSPS) is 16.5. The summed E-state index contributed by atoms with van der Waals surface area (Å²) in [6.07, 6.45) is 0.397. The van der Waals surface area contributed by atoms with Crippen molar-refractivity contribution in [1.82, 2.24) is 10.6 Å². The summed E-state index contributed by atoms with van der Waals surface area (Å²) in [4.78, 5) is 36.1. The molecule has 0 bridgehead atoms. The molecule has 1 aromatic carbocycles. The quantitative estimate of drug-likeness (QED) is 0.563. The molecule has 0 aliphatic carbocycles. The van der Waals surface area contributed by atoms with Crippen LogP contribution in [0.5, 0.6) is 0 Å². The molecular weight excluding hydrogens is 386 g/mol. The Morgan fingerprint density at radius 3 is 2.44 bits per heavy atom. The molecule has 1 aromatic rings. The Kier molecular flexibility index (Phi) is 6.73. The average molecular weight is 403 g/mol. The molecule has 1 unspecified atom stereocenters. The van der Waals surface area contributed by atoms with Gasteiger partial charge < -0.3 is 20.1 Å². The smallest absolute Gasteiger partial charge is 0.340 e. The van der Waals surface area contributed by atoms with E-state index in [1.807, 2.05) is 0 Å². The molecule has 146 valence electrons. The molecule has 2 amide bonds. The third-order valence-electron chi connectivity index (χ3n) is 3.72. The molecule has 1 aliphatic rings. The van der Waals surface area contributed by atoms with Crippen molar-refractivity contribution in [3.8, 4) is 0 Å². The zero-order chi connectivity index (χ0) is 20.1. The number of hydrogen-bond acceptors (Lipinski definition) is 5. The van der Waals surface area contributed by atoms with Crippen molar-refractivity contribution in [1.29, 1.82) is 0 Å². The van der Waals surface area contributed by atoms with Crippen LogP contribution in [-0.4, -0.2) is 37.2 Å². The lowest BCUT2D eigenvalue weighted by molar-refractivity contribution is -0.139. The number of carbonyl (C=O) groups is 3. The van der Waals surface area contributed by atoms with Crippen LogP contribution in [0.4, 0.5) is 13.6 Å². The van der Waals surface area contributed by atoms with Crippen molar-refractivity contribution in [2.45, 2.75) is 26.3 Å². The Balaban J connectivity index is 2.26. The lowest BCUT2D eigenvalue weighted by Gasteiger charge is -2.28. The van der Waals surface area contributed by atoms with Gasteiger partial charge in [0.25, 0.3) is 0 Å². The summed E-state index contributed by atoms with van der Waals surface area (Å²) in [6.45, 7) is 3.00. The summed E-state index contributed by atoms with van der Waals surface area (Å²) in [5.74, 6) is -4.19. The third kappa shape index (κ3) is 4.73. The minimum absolute atomic E-state index is 0.0381. The number of esters is 2. The van der Waals surface area contributed by atoms with Gasteiger partial charge in [-0.05, 0) is 25.5 Å². The molecular formula is C17H17ClF2N2O5. The van der Waals surface area contributed by atoms with Gasteiger partial charge in [-0.3, -0.25) is 0 Å². The summed E-state index contributed by atoms with van der Waals surface area (Å²) < 4.78 is 36.5. The Morgan fingerprint density at radius 2 is 1.81 bits per heavy atom. The highest BCUT2D eigenvalue weighted by molar-refractivity contribution is 6.33. The number of amides is 2. The number of ether oxygens (including phenoxy) is 2. The maximum Gasteiger partial charge on any atom is 0.340 e. The molecule has 0 saturated carbocycles. The highest BCUT2D eigenvalue weighted by Crippen LogP contribution is 2.22. The van der Waals surface area contributed by atoms with Crippen LogP contribution < -0.4 is 10.6 Å². The highest BCUT2D eigenvalue weighted by Gasteiger charge is 2.32. The lowest BCUT2D eigenvalue weighted by Crippen LogP contribution is -2.51. The maximum atomic E-state index is 13.3. The van der Waals surface area contributed by atoms with Gasteiger partial charge in [0.05, 0.1) is 34.5 Å². The van der Waals surface area contributed by atoms with E-state index in [1.165, 1.54) is 0 Å². The second-order valence-corrected chi connectivity index (χ2v) is 5.90. The van der Waals surface area contributed by atoms with Gasteiger partial charge in [0, 0.05) is 0 Å². The van der Waals surface area contributed by atoms with Gasteiger partial charge in [-0.15, -0.1) is 0 Å². The standard InChI is InChI=1S/C17H17ClF2N2O5/c1-3-12-14(16(24)26-4-2)13(22-17(25)21-12)7-27-15(23)8-5-10(19)11(20)6-9(8)18/h5-6,12H,3-4,7H2,1-2H3,(H2,21,22,25). The molecule has 7 nitrogen and oxygen atoms in total. The van der Waals surface area contributed by atoms with Crippen LogP contribution in [0.15, 0.2) is 23.4 Å². The minimum atomic E-state index is -1.26. The fourth-order valence-electron chi connectivity index (χ4n) is 2.47. The average Bonchev–Trinajstić information content (AvgIpc) is 2.62.